The van der Waals surface area contributed by atoms with Crippen molar-refractivity contribution in [3.63, 3.8) is 0 Å². The molecule has 1 N–H and O–H groups in total. The second-order valence-electron chi connectivity index (χ2n) is 9.95. The van der Waals surface area contributed by atoms with Crippen molar-refractivity contribution in [1.82, 2.24) is 20.0 Å². The van der Waals surface area contributed by atoms with Crippen molar-refractivity contribution in [2.24, 2.45) is 5.92 Å². The predicted molar refractivity (Wildman–Crippen MR) is 126 cm³/mol. The first-order valence-electron chi connectivity index (χ1n) is 11.9. The van der Waals surface area contributed by atoms with Crippen LogP contribution in [0.25, 0.3) is 10.9 Å². The summed E-state index contributed by atoms with van der Waals surface area (Å²) in [6.07, 6.45) is 2.64. The Kier molecular flexibility index (Phi) is 5.87. The molecule has 1 saturated heterocycles. The van der Waals surface area contributed by atoms with E-state index in [9.17, 15) is 0 Å². The quantitative estimate of drug-likeness (QED) is 0.575. The molecule has 1 fully saturated rings. The van der Waals surface area contributed by atoms with Gasteiger partial charge in [-0.15, -0.1) is 0 Å². The molecule has 3 heterocycles. The lowest BCUT2D eigenvalue weighted by Crippen LogP contribution is -2.53. The molecular formula is C26H32F2N4O. The number of halogens is 2. The van der Waals surface area contributed by atoms with Crippen LogP contribution in [0.1, 0.15) is 49.8 Å². The highest BCUT2D eigenvalue weighted by molar-refractivity contribution is 5.83. The summed E-state index contributed by atoms with van der Waals surface area (Å²) in [5.74, 6) is -0.820. The summed E-state index contributed by atoms with van der Waals surface area (Å²) in [5, 5.41) is 8.21. The molecule has 0 saturated carbocycles. The second kappa shape index (κ2) is 8.69. The van der Waals surface area contributed by atoms with Gasteiger partial charge in [0.05, 0.1) is 11.7 Å². The standard InChI is InChI=1S/C26H32F2N4O/c1-5-32-12-17(13-32)33-16-9-21(27)26(22(28)10-16)25-18-6-7-23-19(11-29-30-23)20(18)14-31(4)24(25)8-15(2)3/h6-7,9-11,15,17,24-25H,5,8,12-14H2,1-4H3,(H,29,30)/t24-,25+/m0/s1. The van der Waals surface area contributed by atoms with E-state index in [-0.39, 0.29) is 23.5 Å². The Morgan fingerprint density at radius 2 is 1.91 bits per heavy atom. The highest BCUT2D eigenvalue weighted by Crippen LogP contribution is 2.44. The Bertz CT molecular complexity index is 1130. The van der Waals surface area contributed by atoms with Crippen LogP contribution < -0.4 is 4.74 Å². The van der Waals surface area contributed by atoms with Gasteiger partial charge in [0, 0.05) is 54.7 Å². The number of H-pyrrole nitrogens is 1. The van der Waals surface area contributed by atoms with Crippen LogP contribution in [-0.2, 0) is 6.54 Å². The van der Waals surface area contributed by atoms with Gasteiger partial charge in [0.15, 0.2) is 0 Å². The van der Waals surface area contributed by atoms with Crippen LogP contribution in [0.4, 0.5) is 8.78 Å². The fourth-order valence-corrected chi connectivity index (χ4v) is 5.51. The molecule has 2 atom stereocenters. The predicted octanol–water partition coefficient (Wildman–Crippen LogP) is 4.92. The van der Waals surface area contributed by atoms with E-state index >= 15 is 8.78 Å². The number of ether oxygens (including phenoxy) is 1. The second-order valence-corrected chi connectivity index (χ2v) is 9.95. The van der Waals surface area contributed by atoms with Gasteiger partial charge in [-0.3, -0.25) is 14.9 Å². The van der Waals surface area contributed by atoms with Crippen molar-refractivity contribution in [2.45, 2.75) is 51.8 Å². The maximum atomic E-state index is 15.6. The molecule has 5 rings (SSSR count). The average molecular weight is 455 g/mol. The summed E-state index contributed by atoms with van der Waals surface area (Å²) in [4.78, 5) is 4.46. The molecule has 2 aromatic carbocycles. The van der Waals surface area contributed by atoms with Gasteiger partial charge in [-0.25, -0.2) is 8.78 Å². The van der Waals surface area contributed by atoms with Gasteiger partial charge in [0.25, 0.3) is 0 Å². The first-order chi connectivity index (χ1) is 15.9. The Morgan fingerprint density at radius 1 is 1.18 bits per heavy atom. The fourth-order valence-electron chi connectivity index (χ4n) is 5.51. The maximum absolute atomic E-state index is 15.6. The van der Waals surface area contributed by atoms with Crippen molar-refractivity contribution in [3.8, 4) is 5.75 Å². The van der Waals surface area contributed by atoms with Gasteiger partial charge >= 0.3 is 0 Å². The lowest BCUT2D eigenvalue weighted by atomic mass is 9.75. The van der Waals surface area contributed by atoms with E-state index in [2.05, 4.69) is 40.8 Å². The van der Waals surface area contributed by atoms with E-state index in [0.717, 1.165) is 54.6 Å². The van der Waals surface area contributed by atoms with E-state index in [0.29, 0.717) is 5.92 Å². The van der Waals surface area contributed by atoms with Gasteiger partial charge in [0.2, 0.25) is 0 Å². The summed E-state index contributed by atoms with van der Waals surface area (Å²) in [5.41, 5.74) is 3.14. The number of rotatable bonds is 6. The summed E-state index contributed by atoms with van der Waals surface area (Å²) in [6, 6.07) is 6.70. The minimum atomic E-state index is -0.538. The number of aromatic amines is 1. The molecule has 0 radical (unpaired) electrons. The molecular weight excluding hydrogens is 422 g/mol. The molecule has 5 nitrogen and oxygen atoms in total. The Morgan fingerprint density at radius 3 is 2.58 bits per heavy atom. The van der Waals surface area contributed by atoms with E-state index < -0.39 is 17.6 Å². The molecule has 0 bridgehead atoms. The third-order valence-electron chi connectivity index (χ3n) is 7.22. The maximum Gasteiger partial charge on any atom is 0.133 e. The summed E-state index contributed by atoms with van der Waals surface area (Å²) in [6.45, 7) is 9.66. The van der Waals surface area contributed by atoms with Gasteiger partial charge in [-0.05, 0) is 43.1 Å². The molecule has 176 valence electrons. The van der Waals surface area contributed by atoms with Crippen molar-refractivity contribution in [3.05, 3.63) is 58.8 Å². The number of nitrogens with one attached hydrogen (secondary N) is 1. The van der Waals surface area contributed by atoms with E-state index in [4.69, 9.17) is 4.74 Å². The first kappa shape index (κ1) is 22.3. The first-order valence-corrected chi connectivity index (χ1v) is 11.9. The molecule has 33 heavy (non-hydrogen) atoms. The molecule has 2 aliphatic heterocycles. The van der Waals surface area contributed by atoms with Crippen molar-refractivity contribution in [1.29, 1.82) is 0 Å². The summed E-state index contributed by atoms with van der Waals surface area (Å²) >= 11 is 0. The topological polar surface area (TPSA) is 44.4 Å². The molecule has 0 spiro atoms. The molecule has 0 unspecified atom stereocenters. The van der Waals surface area contributed by atoms with E-state index in [1.165, 1.54) is 12.1 Å². The lowest BCUT2D eigenvalue weighted by Gasteiger charge is -2.42. The molecule has 3 aromatic rings. The highest BCUT2D eigenvalue weighted by atomic mass is 19.1. The zero-order valence-corrected chi connectivity index (χ0v) is 19.7. The van der Waals surface area contributed by atoms with Crippen molar-refractivity contribution >= 4 is 10.9 Å². The highest BCUT2D eigenvalue weighted by Gasteiger charge is 2.39. The van der Waals surface area contributed by atoms with Gasteiger partial charge in [-0.1, -0.05) is 26.8 Å². The Hall–Kier alpha value is -2.51. The zero-order chi connectivity index (χ0) is 23.3. The summed E-state index contributed by atoms with van der Waals surface area (Å²) < 4.78 is 37.1. The number of nitrogens with zero attached hydrogens (tertiary/aromatic N) is 3. The monoisotopic (exact) mass is 454 g/mol. The van der Waals surface area contributed by atoms with E-state index in [1.54, 1.807) is 0 Å². The normalized spacial score (nSPS) is 22.0. The van der Waals surface area contributed by atoms with Crippen LogP contribution in [0, 0.1) is 17.6 Å². The SMILES string of the molecule is CCN1CC(Oc2cc(F)c([C@@H]3c4ccc5[nH]ncc5c4CN(C)[C@H]3CC(C)C)c(F)c2)C1. The van der Waals surface area contributed by atoms with Crippen LogP contribution in [0.15, 0.2) is 30.5 Å². The summed E-state index contributed by atoms with van der Waals surface area (Å²) in [7, 11) is 2.05. The zero-order valence-electron chi connectivity index (χ0n) is 19.7. The van der Waals surface area contributed by atoms with Gasteiger partial charge in [0.1, 0.15) is 23.5 Å². The largest absolute Gasteiger partial charge is 0.488 e. The smallest absolute Gasteiger partial charge is 0.133 e. The minimum absolute atomic E-state index is 0.0117. The van der Waals surface area contributed by atoms with Crippen molar-refractivity contribution in [2.75, 3.05) is 26.7 Å². The molecule has 1 aromatic heterocycles. The molecule has 0 amide bonds. The van der Waals surface area contributed by atoms with Crippen LogP contribution >= 0.6 is 0 Å². The van der Waals surface area contributed by atoms with Crippen LogP contribution in [0.2, 0.25) is 0 Å². The number of likely N-dealkylation sites (N-methyl/N-ethyl adjacent to an activating group) is 2. The number of benzene rings is 2. The minimum Gasteiger partial charge on any atom is -0.488 e. The third kappa shape index (κ3) is 4.02. The number of hydrogen-bond acceptors (Lipinski definition) is 4. The van der Waals surface area contributed by atoms with Gasteiger partial charge < -0.3 is 4.74 Å². The fraction of sp³-hybridized carbons (Fsp3) is 0.500. The average Bonchev–Trinajstić information content (AvgIpc) is 3.21. The molecule has 0 aliphatic carbocycles. The van der Waals surface area contributed by atoms with Crippen molar-refractivity contribution < 1.29 is 13.5 Å². The van der Waals surface area contributed by atoms with Crippen LogP contribution in [0.5, 0.6) is 5.75 Å². The number of likely N-dealkylation sites (tertiary alicyclic amines) is 1. The lowest BCUT2D eigenvalue weighted by molar-refractivity contribution is 0.0234. The van der Waals surface area contributed by atoms with Crippen LogP contribution in [-0.4, -0.2) is 58.8 Å². The number of hydrogen-bond donors (Lipinski definition) is 1. The van der Waals surface area contributed by atoms with Gasteiger partial charge in [-0.2, -0.15) is 5.10 Å². The molecule has 2 aliphatic rings. The third-order valence-corrected chi connectivity index (χ3v) is 7.22. The number of aromatic nitrogens is 2. The Balaban J connectivity index is 1.56. The van der Waals surface area contributed by atoms with Crippen LogP contribution in [0.3, 0.4) is 0 Å². The Labute approximate surface area is 193 Å². The number of fused-ring (bicyclic) bond motifs is 3. The molecule has 7 heteroatoms. The van der Waals surface area contributed by atoms with E-state index in [1.807, 2.05) is 25.4 Å².